The summed E-state index contributed by atoms with van der Waals surface area (Å²) in [5.41, 5.74) is 0. The molecule has 0 radical (unpaired) electrons. The van der Waals surface area contributed by atoms with E-state index in [1.165, 1.54) is 25.8 Å². The molecule has 2 unspecified atom stereocenters. The third-order valence-corrected chi connectivity index (χ3v) is 3.09. The molecule has 2 atom stereocenters. The van der Waals surface area contributed by atoms with Crippen molar-refractivity contribution in [3.05, 3.63) is 0 Å². The van der Waals surface area contributed by atoms with Crippen LogP contribution in [0.15, 0.2) is 0 Å². The van der Waals surface area contributed by atoms with Crippen molar-refractivity contribution in [3.63, 3.8) is 0 Å². The number of rotatable bonds is 7. The first-order valence-electron chi connectivity index (χ1n) is 5.81. The molecule has 0 aromatic carbocycles. The van der Waals surface area contributed by atoms with Crippen molar-refractivity contribution in [1.29, 1.82) is 0 Å². The minimum Gasteiger partial charge on any atom is -0.319 e. The molecule has 0 aliphatic carbocycles. The lowest BCUT2D eigenvalue weighted by Gasteiger charge is -2.29. The van der Waals surface area contributed by atoms with Gasteiger partial charge in [-0.1, -0.05) is 47.0 Å². The van der Waals surface area contributed by atoms with Crippen LogP contribution in [0.25, 0.3) is 0 Å². The Labute approximate surface area is 84.3 Å². The minimum absolute atomic E-state index is 0.809. The second kappa shape index (κ2) is 7.37. The van der Waals surface area contributed by atoms with E-state index in [9.17, 15) is 0 Å². The SMILES string of the molecule is CCCC(CC)C(CNC)C(C)C. The van der Waals surface area contributed by atoms with E-state index in [1.807, 2.05) is 0 Å². The lowest BCUT2D eigenvalue weighted by molar-refractivity contribution is 0.228. The average Bonchev–Trinajstić information content (AvgIpc) is 2.10. The first-order chi connectivity index (χ1) is 6.17. The zero-order chi connectivity index (χ0) is 10.3. The van der Waals surface area contributed by atoms with Gasteiger partial charge in [0.2, 0.25) is 0 Å². The Morgan fingerprint density at radius 1 is 1.15 bits per heavy atom. The fourth-order valence-electron chi connectivity index (χ4n) is 2.27. The van der Waals surface area contributed by atoms with Crippen LogP contribution in [0.5, 0.6) is 0 Å². The van der Waals surface area contributed by atoms with Gasteiger partial charge in [-0.3, -0.25) is 0 Å². The van der Waals surface area contributed by atoms with Crippen LogP contribution < -0.4 is 5.32 Å². The number of nitrogens with one attached hydrogen (secondary N) is 1. The summed E-state index contributed by atoms with van der Waals surface area (Å²) in [7, 11) is 2.06. The van der Waals surface area contributed by atoms with E-state index >= 15 is 0 Å². The minimum atomic E-state index is 0.809. The first kappa shape index (κ1) is 13.0. The predicted molar refractivity (Wildman–Crippen MR) is 60.9 cm³/mol. The Balaban J connectivity index is 4.11. The van der Waals surface area contributed by atoms with E-state index in [0.29, 0.717) is 0 Å². The molecule has 0 bridgehead atoms. The molecule has 0 spiro atoms. The molecule has 0 saturated heterocycles. The molecule has 0 fully saturated rings. The van der Waals surface area contributed by atoms with Crippen LogP contribution in [0, 0.1) is 17.8 Å². The largest absolute Gasteiger partial charge is 0.319 e. The Morgan fingerprint density at radius 3 is 2.08 bits per heavy atom. The maximum atomic E-state index is 3.32. The van der Waals surface area contributed by atoms with Crippen LogP contribution >= 0.6 is 0 Å². The Morgan fingerprint density at radius 2 is 1.77 bits per heavy atom. The molecule has 0 heterocycles. The van der Waals surface area contributed by atoms with E-state index in [-0.39, 0.29) is 0 Å². The van der Waals surface area contributed by atoms with Gasteiger partial charge in [0.1, 0.15) is 0 Å². The smallest absolute Gasteiger partial charge is 0.00184 e. The number of hydrogen-bond acceptors (Lipinski definition) is 1. The van der Waals surface area contributed by atoms with Gasteiger partial charge < -0.3 is 5.32 Å². The molecule has 1 N–H and O–H groups in total. The molecule has 13 heavy (non-hydrogen) atoms. The summed E-state index contributed by atoms with van der Waals surface area (Å²) in [6, 6.07) is 0. The normalized spacial score (nSPS) is 16.2. The topological polar surface area (TPSA) is 12.0 Å². The molecule has 0 aromatic heterocycles. The molecule has 1 heteroatoms. The van der Waals surface area contributed by atoms with Gasteiger partial charge in [0, 0.05) is 0 Å². The summed E-state index contributed by atoms with van der Waals surface area (Å²) in [6.45, 7) is 10.5. The zero-order valence-corrected chi connectivity index (χ0v) is 10.1. The van der Waals surface area contributed by atoms with E-state index < -0.39 is 0 Å². The lowest BCUT2D eigenvalue weighted by atomic mass is 9.79. The molecule has 0 aliphatic rings. The molecule has 0 amide bonds. The quantitative estimate of drug-likeness (QED) is 0.641. The Hall–Kier alpha value is -0.0400. The highest BCUT2D eigenvalue weighted by molar-refractivity contribution is 4.73. The Bertz CT molecular complexity index is 110. The van der Waals surface area contributed by atoms with Gasteiger partial charge in [-0.25, -0.2) is 0 Å². The molecule has 80 valence electrons. The van der Waals surface area contributed by atoms with Crippen LogP contribution in [0.4, 0.5) is 0 Å². The van der Waals surface area contributed by atoms with Crippen molar-refractivity contribution < 1.29 is 0 Å². The summed E-state index contributed by atoms with van der Waals surface area (Å²) in [4.78, 5) is 0. The van der Waals surface area contributed by atoms with Crippen molar-refractivity contribution >= 4 is 0 Å². The highest BCUT2D eigenvalue weighted by atomic mass is 14.8. The second-order valence-corrected chi connectivity index (χ2v) is 4.42. The summed E-state index contributed by atoms with van der Waals surface area (Å²) in [6.07, 6.45) is 4.05. The predicted octanol–water partition coefficient (Wildman–Crippen LogP) is 3.30. The fourth-order valence-corrected chi connectivity index (χ4v) is 2.27. The van der Waals surface area contributed by atoms with Crippen molar-refractivity contribution in [1.82, 2.24) is 5.32 Å². The summed E-state index contributed by atoms with van der Waals surface area (Å²) >= 11 is 0. The zero-order valence-electron chi connectivity index (χ0n) is 10.1. The van der Waals surface area contributed by atoms with Crippen LogP contribution in [0.1, 0.15) is 47.0 Å². The standard InChI is InChI=1S/C12H27N/c1-6-8-11(7-2)12(9-13-5)10(3)4/h10-13H,6-9H2,1-5H3. The average molecular weight is 185 g/mol. The highest BCUT2D eigenvalue weighted by Gasteiger charge is 2.21. The maximum absolute atomic E-state index is 3.32. The fraction of sp³-hybridized carbons (Fsp3) is 1.00. The van der Waals surface area contributed by atoms with Crippen LogP contribution in [0.2, 0.25) is 0 Å². The van der Waals surface area contributed by atoms with Crippen molar-refractivity contribution in [2.45, 2.75) is 47.0 Å². The summed E-state index contributed by atoms with van der Waals surface area (Å²) < 4.78 is 0. The molecular formula is C12H27N. The van der Waals surface area contributed by atoms with Crippen LogP contribution in [-0.4, -0.2) is 13.6 Å². The first-order valence-corrected chi connectivity index (χ1v) is 5.81. The second-order valence-electron chi connectivity index (χ2n) is 4.42. The number of hydrogen-bond donors (Lipinski definition) is 1. The van der Waals surface area contributed by atoms with E-state index in [2.05, 4.69) is 40.1 Å². The molecule has 0 aromatic rings. The van der Waals surface area contributed by atoms with Crippen LogP contribution in [0.3, 0.4) is 0 Å². The van der Waals surface area contributed by atoms with Gasteiger partial charge in [0.05, 0.1) is 0 Å². The monoisotopic (exact) mass is 185 g/mol. The van der Waals surface area contributed by atoms with Gasteiger partial charge in [-0.15, -0.1) is 0 Å². The van der Waals surface area contributed by atoms with Crippen molar-refractivity contribution in [3.8, 4) is 0 Å². The van der Waals surface area contributed by atoms with Crippen molar-refractivity contribution in [2.24, 2.45) is 17.8 Å². The van der Waals surface area contributed by atoms with E-state index in [0.717, 1.165) is 17.8 Å². The molecule has 0 saturated carbocycles. The van der Waals surface area contributed by atoms with Gasteiger partial charge in [0.15, 0.2) is 0 Å². The van der Waals surface area contributed by atoms with Crippen molar-refractivity contribution in [2.75, 3.05) is 13.6 Å². The molecule has 0 aliphatic heterocycles. The molecule has 0 rings (SSSR count). The Kier molecular flexibility index (Phi) is 7.35. The maximum Gasteiger partial charge on any atom is -0.00184 e. The van der Waals surface area contributed by atoms with E-state index in [4.69, 9.17) is 0 Å². The highest BCUT2D eigenvalue weighted by Crippen LogP contribution is 2.27. The molecule has 1 nitrogen and oxygen atoms in total. The third-order valence-electron chi connectivity index (χ3n) is 3.09. The third kappa shape index (κ3) is 4.66. The van der Waals surface area contributed by atoms with Crippen LogP contribution in [-0.2, 0) is 0 Å². The lowest BCUT2D eigenvalue weighted by Crippen LogP contribution is -2.29. The summed E-state index contributed by atoms with van der Waals surface area (Å²) in [5, 5.41) is 3.32. The van der Waals surface area contributed by atoms with Gasteiger partial charge in [-0.2, -0.15) is 0 Å². The molecular weight excluding hydrogens is 158 g/mol. The van der Waals surface area contributed by atoms with E-state index in [1.54, 1.807) is 0 Å². The van der Waals surface area contributed by atoms with Gasteiger partial charge in [0.25, 0.3) is 0 Å². The van der Waals surface area contributed by atoms with Gasteiger partial charge >= 0.3 is 0 Å². The summed E-state index contributed by atoms with van der Waals surface area (Å²) in [5.74, 6) is 2.58. The van der Waals surface area contributed by atoms with Gasteiger partial charge in [-0.05, 0) is 31.3 Å².